The lowest BCUT2D eigenvalue weighted by Gasteiger charge is -2.03. The van der Waals surface area contributed by atoms with Gasteiger partial charge in [-0.25, -0.2) is 5.43 Å². The number of non-ortho nitro benzene ring substituents is 1. The number of hydrazone groups is 1. The van der Waals surface area contributed by atoms with Crippen molar-refractivity contribution in [2.75, 3.05) is 11.2 Å². The molecule has 2 aromatic rings. The third-order valence-corrected chi connectivity index (χ3v) is 2.56. The van der Waals surface area contributed by atoms with Gasteiger partial charge in [0, 0.05) is 17.7 Å². The summed E-state index contributed by atoms with van der Waals surface area (Å²) in [4.78, 5) is 22.0. The molecule has 0 aliphatic heterocycles. The molecule has 2 rings (SSSR count). The number of hydrogen-bond acceptors (Lipinski definition) is 8. The number of nitrogens with zero attached hydrogens (tertiary/aromatic N) is 5. The van der Waals surface area contributed by atoms with Gasteiger partial charge in [0.2, 0.25) is 11.9 Å². The van der Waals surface area contributed by atoms with E-state index in [1.54, 1.807) is 26.0 Å². The van der Waals surface area contributed by atoms with E-state index in [0.717, 1.165) is 0 Å². The van der Waals surface area contributed by atoms with Crippen molar-refractivity contribution in [1.82, 2.24) is 15.0 Å². The Labute approximate surface area is 120 Å². The summed E-state index contributed by atoms with van der Waals surface area (Å²) in [6, 6.07) is 6.17. The standard InChI is InChI=1S/C12H13N7O2/c1-7(9-4-3-5-10(6-9)19(20)21)17-18-12-15-8(2)14-11(13)16-12/h3-6H,1-2H3,(H3,13,14,15,16,18). The average Bonchev–Trinajstić information content (AvgIpc) is 2.44. The summed E-state index contributed by atoms with van der Waals surface area (Å²) in [6.07, 6.45) is 0. The van der Waals surface area contributed by atoms with Crippen LogP contribution in [-0.4, -0.2) is 25.6 Å². The Hall–Kier alpha value is -3.10. The van der Waals surface area contributed by atoms with Crippen LogP contribution in [0.5, 0.6) is 0 Å². The number of nitro groups is 1. The number of nitro benzene ring substituents is 1. The van der Waals surface area contributed by atoms with Gasteiger partial charge in [-0.05, 0) is 13.8 Å². The molecular weight excluding hydrogens is 274 g/mol. The van der Waals surface area contributed by atoms with Gasteiger partial charge >= 0.3 is 0 Å². The first-order valence-corrected chi connectivity index (χ1v) is 5.99. The molecule has 0 radical (unpaired) electrons. The van der Waals surface area contributed by atoms with E-state index in [0.29, 0.717) is 17.1 Å². The zero-order valence-corrected chi connectivity index (χ0v) is 11.4. The Kier molecular flexibility index (Phi) is 4.02. The molecule has 21 heavy (non-hydrogen) atoms. The van der Waals surface area contributed by atoms with E-state index in [1.165, 1.54) is 12.1 Å². The largest absolute Gasteiger partial charge is 0.368 e. The number of rotatable bonds is 4. The van der Waals surface area contributed by atoms with Gasteiger partial charge in [0.05, 0.1) is 10.6 Å². The predicted octanol–water partition coefficient (Wildman–Crippen LogP) is 1.51. The normalized spacial score (nSPS) is 11.2. The highest BCUT2D eigenvalue weighted by Gasteiger charge is 2.07. The van der Waals surface area contributed by atoms with Crippen LogP contribution in [0.3, 0.4) is 0 Å². The summed E-state index contributed by atoms with van der Waals surface area (Å²) >= 11 is 0. The number of benzene rings is 1. The van der Waals surface area contributed by atoms with Crippen molar-refractivity contribution in [3.8, 4) is 0 Å². The first kappa shape index (κ1) is 14.3. The molecule has 0 atom stereocenters. The van der Waals surface area contributed by atoms with Crippen LogP contribution in [0.1, 0.15) is 18.3 Å². The summed E-state index contributed by atoms with van der Waals surface area (Å²) in [6.45, 7) is 3.39. The minimum absolute atomic E-state index is 0.00213. The maximum absolute atomic E-state index is 10.7. The third kappa shape index (κ3) is 3.69. The van der Waals surface area contributed by atoms with Crippen LogP contribution in [0.2, 0.25) is 0 Å². The van der Waals surface area contributed by atoms with E-state index >= 15 is 0 Å². The molecule has 1 aromatic heterocycles. The average molecular weight is 287 g/mol. The lowest BCUT2D eigenvalue weighted by Crippen LogP contribution is -2.06. The fourth-order valence-electron chi connectivity index (χ4n) is 1.60. The summed E-state index contributed by atoms with van der Waals surface area (Å²) < 4.78 is 0. The number of aryl methyl sites for hydroxylation is 1. The monoisotopic (exact) mass is 287 g/mol. The van der Waals surface area contributed by atoms with Crippen molar-refractivity contribution in [3.05, 3.63) is 45.8 Å². The molecule has 0 aliphatic rings. The van der Waals surface area contributed by atoms with Crippen molar-refractivity contribution in [2.45, 2.75) is 13.8 Å². The summed E-state index contributed by atoms with van der Waals surface area (Å²) in [7, 11) is 0. The van der Waals surface area contributed by atoms with Gasteiger partial charge in [-0.2, -0.15) is 20.1 Å². The van der Waals surface area contributed by atoms with Crippen LogP contribution < -0.4 is 11.2 Å². The van der Waals surface area contributed by atoms with Crippen LogP contribution in [0, 0.1) is 17.0 Å². The summed E-state index contributed by atoms with van der Waals surface area (Å²) in [5.41, 5.74) is 9.33. The van der Waals surface area contributed by atoms with Crippen molar-refractivity contribution in [2.24, 2.45) is 5.10 Å². The second kappa shape index (κ2) is 5.90. The highest BCUT2D eigenvalue weighted by Crippen LogP contribution is 2.14. The summed E-state index contributed by atoms with van der Waals surface area (Å²) in [5, 5.41) is 14.8. The number of anilines is 2. The first-order chi connectivity index (χ1) is 9.95. The molecule has 9 heteroatoms. The first-order valence-electron chi connectivity index (χ1n) is 5.99. The molecule has 108 valence electrons. The zero-order valence-electron chi connectivity index (χ0n) is 11.4. The number of aromatic nitrogens is 3. The Morgan fingerprint density at radius 3 is 2.81 bits per heavy atom. The quantitative estimate of drug-likeness (QED) is 0.494. The van der Waals surface area contributed by atoms with Gasteiger partial charge in [-0.3, -0.25) is 10.1 Å². The molecule has 0 spiro atoms. The molecule has 9 nitrogen and oxygen atoms in total. The molecule has 0 amide bonds. The molecule has 0 saturated heterocycles. The fourth-order valence-corrected chi connectivity index (χ4v) is 1.60. The molecule has 0 saturated carbocycles. The Morgan fingerprint density at radius 1 is 1.38 bits per heavy atom. The van der Waals surface area contributed by atoms with E-state index in [9.17, 15) is 10.1 Å². The summed E-state index contributed by atoms with van der Waals surface area (Å²) in [5.74, 6) is 0.770. The minimum Gasteiger partial charge on any atom is -0.368 e. The predicted molar refractivity (Wildman–Crippen MR) is 77.9 cm³/mol. The second-order valence-electron chi connectivity index (χ2n) is 4.18. The Balaban J connectivity index is 2.21. The lowest BCUT2D eigenvalue weighted by atomic mass is 10.1. The Morgan fingerprint density at radius 2 is 2.14 bits per heavy atom. The molecule has 3 N–H and O–H groups in total. The van der Waals surface area contributed by atoms with E-state index in [2.05, 4.69) is 25.5 Å². The Bertz CT molecular complexity index is 694. The number of nitrogen functional groups attached to an aromatic ring is 1. The maximum Gasteiger partial charge on any atom is 0.270 e. The van der Waals surface area contributed by atoms with E-state index in [1.807, 2.05) is 0 Å². The highest BCUT2D eigenvalue weighted by molar-refractivity contribution is 5.99. The van der Waals surface area contributed by atoms with Crippen molar-refractivity contribution >= 4 is 23.3 Å². The van der Waals surface area contributed by atoms with Crippen LogP contribution in [0.25, 0.3) is 0 Å². The van der Waals surface area contributed by atoms with Gasteiger partial charge in [0.1, 0.15) is 5.82 Å². The van der Waals surface area contributed by atoms with Gasteiger partial charge in [-0.15, -0.1) is 0 Å². The molecule has 0 fully saturated rings. The van der Waals surface area contributed by atoms with Crippen LogP contribution in [0.4, 0.5) is 17.6 Å². The van der Waals surface area contributed by atoms with E-state index in [-0.39, 0.29) is 17.6 Å². The van der Waals surface area contributed by atoms with E-state index in [4.69, 9.17) is 5.73 Å². The van der Waals surface area contributed by atoms with Crippen LogP contribution >= 0.6 is 0 Å². The SMILES string of the molecule is CC(=NNc1nc(C)nc(N)n1)c1cccc([N+](=O)[O-])c1. The zero-order chi connectivity index (χ0) is 15.4. The van der Waals surface area contributed by atoms with Gasteiger partial charge in [0.15, 0.2) is 0 Å². The molecular formula is C12H13N7O2. The molecule has 0 aliphatic carbocycles. The minimum atomic E-state index is -0.458. The molecule has 1 aromatic carbocycles. The van der Waals surface area contributed by atoms with Crippen molar-refractivity contribution < 1.29 is 4.92 Å². The number of nitrogens with two attached hydrogens (primary N) is 1. The van der Waals surface area contributed by atoms with Crippen molar-refractivity contribution in [3.63, 3.8) is 0 Å². The topological polar surface area (TPSA) is 132 Å². The third-order valence-electron chi connectivity index (χ3n) is 2.56. The van der Waals surface area contributed by atoms with Crippen LogP contribution in [0.15, 0.2) is 29.4 Å². The maximum atomic E-state index is 10.7. The number of nitrogens with one attached hydrogen (secondary N) is 1. The van der Waals surface area contributed by atoms with E-state index < -0.39 is 4.92 Å². The molecule has 0 unspecified atom stereocenters. The van der Waals surface area contributed by atoms with Gasteiger partial charge in [-0.1, -0.05) is 12.1 Å². The van der Waals surface area contributed by atoms with Gasteiger partial charge < -0.3 is 5.73 Å². The smallest absolute Gasteiger partial charge is 0.270 e. The fraction of sp³-hybridized carbons (Fsp3) is 0.167. The lowest BCUT2D eigenvalue weighted by molar-refractivity contribution is -0.384. The molecule has 0 bridgehead atoms. The van der Waals surface area contributed by atoms with Gasteiger partial charge in [0.25, 0.3) is 5.69 Å². The number of hydrogen-bond donors (Lipinski definition) is 2. The van der Waals surface area contributed by atoms with Crippen LogP contribution in [-0.2, 0) is 0 Å². The molecule has 1 heterocycles. The second-order valence-corrected chi connectivity index (χ2v) is 4.18. The highest BCUT2D eigenvalue weighted by atomic mass is 16.6. The van der Waals surface area contributed by atoms with Crippen molar-refractivity contribution in [1.29, 1.82) is 0 Å².